The van der Waals surface area contributed by atoms with Crippen molar-refractivity contribution in [2.75, 3.05) is 12.4 Å². The second-order valence-corrected chi connectivity index (χ2v) is 4.87. The van der Waals surface area contributed by atoms with Crippen LogP contribution < -0.4 is 10.1 Å². The van der Waals surface area contributed by atoms with Crippen LogP contribution in [0.1, 0.15) is 24.5 Å². The Balaban J connectivity index is 1.83. The van der Waals surface area contributed by atoms with Crippen molar-refractivity contribution in [2.24, 2.45) is 0 Å². The molecule has 1 fully saturated rings. The summed E-state index contributed by atoms with van der Waals surface area (Å²) in [6.07, 6.45) is 4.09. The highest BCUT2D eigenvalue weighted by molar-refractivity contribution is 9.10. The van der Waals surface area contributed by atoms with Crippen molar-refractivity contribution in [3.63, 3.8) is 0 Å². The van der Waals surface area contributed by atoms with Crippen LogP contribution in [-0.4, -0.2) is 27.3 Å². The van der Waals surface area contributed by atoms with Gasteiger partial charge < -0.3 is 10.1 Å². The molecule has 0 atom stereocenters. The molecule has 6 nitrogen and oxygen atoms in total. The van der Waals surface area contributed by atoms with Gasteiger partial charge in [0.25, 0.3) is 0 Å². The van der Waals surface area contributed by atoms with E-state index in [-0.39, 0.29) is 0 Å². The highest BCUT2D eigenvalue weighted by atomic mass is 79.9. The number of halogens is 1. The van der Waals surface area contributed by atoms with Gasteiger partial charge in [-0.3, -0.25) is 5.10 Å². The van der Waals surface area contributed by atoms with E-state index in [2.05, 4.69) is 41.4 Å². The molecule has 2 heterocycles. The van der Waals surface area contributed by atoms with E-state index >= 15 is 0 Å². The van der Waals surface area contributed by atoms with Crippen LogP contribution in [0.5, 0.6) is 5.75 Å². The lowest BCUT2D eigenvalue weighted by Crippen LogP contribution is -1.99. The van der Waals surface area contributed by atoms with Crippen LogP contribution in [0.3, 0.4) is 0 Å². The van der Waals surface area contributed by atoms with Crippen molar-refractivity contribution >= 4 is 27.6 Å². The largest absolute Gasteiger partial charge is 0.491 e. The molecule has 0 unspecified atom stereocenters. The number of aromatic amines is 1. The summed E-state index contributed by atoms with van der Waals surface area (Å²) in [5.74, 6) is 2.55. The predicted molar refractivity (Wildman–Crippen MR) is 70.1 cm³/mol. The minimum atomic E-state index is 0.503. The van der Waals surface area contributed by atoms with Gasteiger partial charge in [-0.05, 0) is 28.8 Å². The van der Waals surface area contributed by atoms with Crippen LogP contribution in [0.2, 0.25) is 0 Å². The van der Waals surface area contributed by atoms with E-state index < -0.39 is 0 Å². The molecule has 0 amide bonds. The van der Waals surface area contributed by atoms with Gasteiger partial charge in [0, 0.05) is 17.7 Å². The molecule has 1 aliphatic rings. The van der Waals surface area contributed by atoms with E-state index in [0.717, 1.165) is 5.82 Å². The van der Waals surface area contributed by atoms with Gasteiger partial charge in [0.2, 0.25) is 0 Å². The minimum Gasteiger partial charge on any atom is -0.491 e. The quantitative estimate of drug-likeness (QED) is 0.849. The molecule has 18 heavy (non-hydrogen) atoms. The van der Waals surface area contributed by atoms with Crippen LogP contribution >= 0.6 is 15.9 Å². The number of hydrogen-bond donors (Lipinski definition) is 2. The highest BCUT2D eigenvalue weighted by Crippen LogP contribution is 2.39. The molecule has 0 saturated heterocycles. The molecule has 1 saturated carbocycles. The molecule has 7 heteroatoms. The summed E-state index contributed by atoms with van der Waals surface area (Å²) < 4.78 is 5.70. The molecule has 3 rings (SSSR count). The Morgan fingerprint density at radius 3 is 3.06 bits per heavy atom. The smallest absolute Gasteiger partial charge is 0.198 e. The average molecular weight is 310 g/mol. The average Bonchev–Trinajstić information content (AvgIpc) is 3.11. The Hall–Kier alpha value is -1.63. The number of aromatic nitrogens is 4. The van der Waals surface area contributed by atoms with Gasteiger partial charge in [-0.1, -0.05) is 0 Å². The molecule has 94 valence electrons. The summed E-state index contributed by atoms with van der Waals surface area (Å²) in [7, 11) is 1.58. The summed E-state index contributed by atoms with van der Waals surface area (Å²) in [5.41, 5.74) is 1.17. The lowest BCUT2D eigenvalue weighted by Gasteiger charge is -2.07. The van der Waals surface area contributed by atoms with E-state index in [1.165, 1.54) is 18.5 Å². The Bertz CT molecular complexity index is 566. The normalized spacial score (nSPS) is 14.6. The Morgan fingerprint density at radius 2 is 2.33 bits per heavy atom. The van der Waals surface area contributed by atoms with E-state index in [0.29, 0.717) is 22.2 Å². The second-order valence-electron chi connectivity index (χ2n) is 4.16. The van der Waals surface area contributed by atoms with Crippen LogP contribution in [0.25, 0.3) is 0 Å². The van der Waals surface area contributed by atoms with Crippen LogP contribution in [0.4, 0.5) is 11.6 Å². The predicted octanol–water partition coefficient (Wildman–Crippen LogP) is 2.59. The van der Waals surface area contributed by atoms with Gasteiger partial charge in [-0.25, -0.2) is 9.97 Å². The summed E-state index contributed by atoms with van der Waals surface area (Å²) >= 11 is 3.23. The maximum atomic E-state index is 5.19. The van der Waals surface area contributed by atoms with E-state index in [1.807, 2.05) is 6.07 Å². The molecule has 2 N–H and O–H groups in total. The molecule has 0 bridgehead atoms. The fraction of sp³-hybridized carbons (Fsp3) is 0.364. The molecule has 2 aromatic rings. The third-order valence-electron chi connectivity index (χ3n) is 2.81. The molecular weight excluding hydrogens is 298 g/mol. The number of H-pyrrole nitrogens is 1. The first-order valence-electron chi connectivity index (χ1n) is 5.65. The van der Waals surface area contributed by atoms with Gasteiger partial charge in [-0.15, -0.1) is 0 Å². The topological polar surface area (TPSA) is 75.7 Å². The molecular formula is C11H12BrN5O. The first-order valence-corrected chi connectivity index (χ1v) is 6.44. The lowest BCUT2D eigenvalue weighted by molar-refractivity contribution is 0.412. The summed E-state index contributed by atoms with van der Waals surface area (Å²) in [6.45, 7) is 0. The van der Waals surface area contributed by atoms with Gasteiger partial charge in [0.1, 0.15) is 0 Å². The fourth-order valence-corrected chi connectivity index (χ4v) is 1.99. The number of ether oxygens (including phenoxy) is 1. The molecule has 0 spiro atoms. The molecule has 0 aliphatic heterocycles. The van der Waals surface area contributed by atoms with Crippen molar-refractivity contribution in [3.8, 4) is 5.75 Å². The van der Waals surface area contributed by atoms with E-state index in [9.17, 15) is 0 Å². The van der Waals surface area contributed by atoms with Gasteiger partial charge >= 0.3 is 0 Å². The lowest BCUT2D eigenvalue weighted by atomic mass is 10.3. The van der Waals surface area contributed by atoms with E-state index in [4.69, 9.17) is 4.74 Å². The van der Waals surface area contributed by atoms with E-state index in [1.54, 1.807) is 13.3 Å². The maximum Gasteiger partial charge on any atom is 0.198 e. The number of nitrogens with zero attached hydrogens (tertiary/aromatic N) is 3. The van der Waals surface area contributed by atoms with Crippen molar-refractivity contribution in [3.05, 3.63) is 22.7 Å². The molecule has 0 aromatic carbocycles. The summed E-state index contributed by atoms with van der Waals surface area (Å²) in [4.78, 5) is 8.23. The summed E-state index contributed by atoms with van der Waals surface area (Å²) in [5, 5.41) is 10.4. The third-order valence-corrected chi connectivity index (χ3v) is 3.19. The van der Waals surface area contributed by atoms with Gasteiger partial charge in [0.05, 0.1) is 13.3 Å². The second kappa shape index (κ2) is 4.56. The van der Waals surface area contributed by atoms with Gasteiger partial charge in [0.15, 0.2) is 22.1 Å². The Morgan fingerprint density at radius 1 is 1.50 bits per heavy atom. The standard InChI is InChI=1S/C11H12BrN5O/c1-18-8-5-13-11(12)15-10(8)14-9-4-7(16-17-9)6-2-3-6/h4-6H,2-3H2,1H3,(H2,13,14,15,16,17). The molecule has 1 aliphatic carbocycles. The highest BCUT2D eigenvalue weighted by Gasteiger charge is 2.25. The van der Waals surface area contributed by atoms with Gasteiger partial charge in [-0.2, -0.15) is 5.10 Å². The third kappa shape index (κ3) is 2.31. The fourth-order valence-electron chi connectivity index (χ4n) is 1.71. The zero-order valence-corrected chi connectivity index (χ0v) is 11.4. The minimum absolute atomic E-state index is 0.503. The molecule has 2 aromatic heterocycles. The first-order chi connectivity index (χ1) is 8.76. The number of hydrogen-bond acceptors (Lipinski definition) is 5. The summed E-state index contributed by atoms with van der Waals surface area (Å²) in [6, 6.07) is 2.01. The molecule has 0 radical (unpaired) electrons. The SMILES string of the molecule is COc1cnc(Br)nc1Nc1cc(C2CC2)[nH]n1. The Labute approximate surface area is 112 Å². The number of nitrogens with one attached hydrogen (secondary N) is 2. The monoisotopic (exact) mass is 309 g/mol. The zero-order valence-electron chi connectivity index (χ0n) is 9.77. The number of anilines is 2. The number of rotatable bonds is 4. The maximum absolute atomic E-state index is 5.19. The van der Waals surface area contributed by atoms with Crippen molar-refractivity contribution < 1.29 is 4.74 Å². The van der Waals surface area contributed by atoms with Crippen molar-refractivity contribution in [1.82, 2.24) is 20.2 Å². The van der Waals surface area contributed by atoms with Crippen LogP contribution in [-0.2, 0) is 0 Å². The van der Waals surface area contributed by atoms with Crippen molar-refractivity contribution in [1.29, 1.82) is 0 Å². The number of methoxy groups -OCH3 is 1. The first kappa shape index (κ1) is 11.5. The van der Waals surface area contributed by atoms with Crippen molar-refractivity contribution in [2.45, 2.75) is 18.8 Å². The van der Waals surface area contributed by atoms with Crippen LogP contribution in [0.15, 0.2) is 17.0 Å². The zero-order chi connectivity index (χ0) is 12.5. The van der Waals surface area contributed by atoms with Crippen LogP contribution in [0, 0.1) is 0 Å². The Kier molecular flexibility index (Phi) is 2.91.